The van der Waals surface area contributed by atoms with E-state index in [2.05, 4.69) is 22.9 Å². The number of carbonyl (C=O) groups excluding carboxylic acids is 2. The van der Waals surface area contributed by atoms with Gasteiger partial charge in [0.1, 0.15) is 10.6 Å². The van der Waals surface area contributed by atoms with E-state index in [9.17, 15) is 9.59 Å². The minimum atomic E-state index is -0.609. The first kappa shape index (κ1) is 24.5. The summed E-state index contributed by atoms with van der Waals surface area (Å²) < 4.78 is 15.8. The van der Waals surface area contributed by atoms with Crippen LogP contribution in [0.2, 0.25) is 0 Å². The average Bonchev–Trinajstić information content (AvgIpc) is 2.71. The van der Waals surface area contributed by atoms with Crippen molar-refractivity contribution in [1.82, 2.24) is 0 Å². The van der Waals surface area contributed by atoms with Crippen LogP contribution in [0.3, 0.4) is 0 Å². The Morgan fingerprint density at radius 2 is 1.54 bits per heavy atom. The number of ether oxygens (including phenoxy) is 3. The molecule has 0 aliphatic heterocycles. The third kappa shape index (κ3) is 9.09. The number of hydrogen-bond acceptors (Lipinski definition) is 5. The molecule has 2 unspecified atom stereocenters. The first-order valence-electron chi connectivity index (χ1n) is 10.2. The molecule has 5 nitrogen and oxygen atoms in total. The van der Waals surface area contributed by atoms with Gasteiger partial charge < -0.3 is 14.2 Å². The van der Waals surface area contributed by atoms with E-state index in [1.54, 1.807) is 31.2 Å². The average molecular weight is 457 g/mol. The molecule has 0 N–H and O–H groups in total. The zero-order valence-corrected chi connectivity index (χ0v) is 18.8. The summed E-state index contributed by atoms with van der Waals surface area (Å²) in [6.45, 7) is 4.33. The van der Waals surface area contributed by atoms with Crippen molar-refractivity contribution in [2.24, 2.45) is 0 Å². The Kier molecular flexibility index (Phi) is 12.6. The van der Waals surface area contributed by atoms with E-state index >= 15 is 0 Å². The van der Waals surface area contributed by atoms with Crippen LogP contribution in [0.25, 0.3) is 0 Å². The van der Waals surface area contributed by atoms with E-state index in [4.69, 9.17) is 14.2 Å². The molecule has 1 aromatic rings. The van der Waals surface area contributed by atoms with E-state index in [-0.39, 0.29) is 11.9 Å². The van der Waals surface area contributed by atoms with Gasteiger partial charge in [0.25, 0.3) is 0 Å². The van der Waals surface area contributed by atoms with Crippen LogP contribution in [0, 0.1) is 0 Å². The van der Waals surface area contributed by atoms with Crippen LogP contribution < -0.4 is 4.74 Å². The summed E-state index contributed by atoms with van der Waals surface area (Å²) in [6.07, 6.45) is 8.28. The number of hydrogen-bond donors (Lipinski definition) is 0. The molecular formula is C22H33BrO5. The second-order valence-corrected chi connectivity index (χ2v) is 7.64. The Labute approximate surface area is 177 Å². The van der Waals surface area contributed by atoms with Gasteiger partial charge in [0.2, 0.25) is 0 Å². The molecule has 0 aliphatic carbocycles. The Morgan fingerprint density at radius 3 is 2.11 bits per heavy atom. The maximum Gasteiger partial charge on any atom is 0.347 e. The van der Waals surface area contributed by atoms with Crippen molar-refractivity contribution in [2.45, 2.75) is 76.1 Å². The number of unbranched alkanes of at least 4 members (excludes halogenated alkanes) is 6. The number of esters is 2. The molecule has 0 spiro atoms. The van der Waals surface area contributed by atoms with Gasteiger partial charge in [-0.15, -0.1) is 0 Å². The van der Waals surface area contributed by atoms with Crippen LogP contribution >= 0.6 is 15.9 Å². The van der Waals surface area contributed by atoms with Crippen LogP contribution in [-0.2, 0) is 19.1 Å². The summed E-state index contributed by atoms with van der Waals surface area (Å²) in [4.78, 5) is 23.3. The third-order valence-electron chi connectivity index (χ3n) is 4.48. The van der Waals surface area contributed by atoms with Crippen molar-refractivity contribution in [2.75, 3.05) is 13.7 Å². The molecule has 1 aromatic carbocycles. The summed E-state index contributed by atoms with van der Waals surface area (Å²) in [7, 11) is 1.35. The predicted octanol–water partition coefficient (Wildman–Crippen LogP) is 5.75. The topological polar surface area (TPSA) is 61.8 Å². The van der Waals surface area contributed by atoms with Gasteiger partial charge in [-0.1, -0.05) is 73.5 Å². The highest BCUT2D eigenvalue weighted by atomic mass is 79.9. The summed E-state index contributed by atoms with van der Waals surface area (Å²) in [5, 5.41) is 0. The normalized spacial score (nSPS) is 12.9. The zero-order valence-electron chi connectivity index (χ0n) is 17.2. The van der Waals surface area contributed by atoms with E-state index in [0.29, 0.717) is 18.8 Å². The van der Waals surface area contributed by atoms with Gasteiger partial charge >= 0.3 is 11.9 Å². The Bertz CT molecular complexity index is 573. The van der Waals surface area contributed by atoms with Crippen molar-refractivity contribution >= 4 is 27.9 Å². The minimum absolute atomic E-state index is 0.328. The fourth-order valence-electron chi connectivity index (χ4n) is 2.87. The molecule has 158 valence electrons. The fraction of sp³-hybridized carbons (Fsp3) is 0.636. The fourth-order valence-corrected chi connectivity index (χ4v) is 3.36. The molecule has 28 heavy (non-hydrogen) atoms. The lowest BCUT2D eigenvalue weighted by molar-refractivity contribution is -0.151. The number of rotatable bonds is 14. The lowest BCUT2D eigenvalue weighted by atomic mass is 10.1. The number of methoxy groups -OCH3 is 1. The first-order chi connectivity index (χ1) is 13.5. The minimum Gasteiger partial charge on any atom is -0.479 e. The molecule has 0 aliphatic rings. The summed E-state index contributed by atoms with van der Waals surface area (Å²) in [5.74, 6) is -0.114. The molecule has 0 radical (unpaired) electrons. The van der Waals surface area contributed by atoms with E-state index < -0.39 is 10.9 Å². The van der Waals surface area contributed by atoms with Gasteiger partial charge in [0.05, 0.1) is 13.7 Å². The molecule has 0 bridgehead atoms. The van der Waals surface area contributed by atoms with Gasteiger partial charge in [0.15, 0.2) is 6.10 Å². The summed E-state index contributed by atoms with van der Waals surface area (Å²) in [5.41, 5.74) is 0.763. The Morgan fingerprint density at radius 1 is 0.929 bits per heavy atom. The number of halogens is 1. The van der Waals surface area contributed by atoms with Gasteiger partial charge in [-0.05, 0) is 37.5 Å². The lowest BCUT2D eigenvalue weighted by Crippen LogP contribution is -2.29. The quantitative estimate of drug-likeness (QED) is 0.202. The van der Waals surface area contributed by atoms with E-state index in [0.717, 1.165) is 18.4 Å². The molecule has 0 amide bonds. The summed E-state index contributed by atoms with van der Waals surface area (Å²) >= 11 is 3.31. The van der Waals surface area contributed by atoms with Gasteiger partial charge in [0, 0.05) is 0 Å². The standard InChI is InChI=1S/C22H33BrO5/c1-4-6-7-8-9-10-11-12-19(21(24)27-5-2)28-18-15-13-17(14-16-18)20(23)22(25)26-3/h13-16,19-20H,4-12H2,1-3H3. The molecule has 0 saturated heterocycles. The van der Waals surface area contributed by atoms with E-state index in [1.165, 1.54) is 39.2 Å². The monoisotopic (exact) mass is 456 g/mol. The molecular weight excluding hydrogens is 424 g/mol. The van der Waals surface area contributed by atoms with Crippen molar-refractivity contribution in [3.8, 4) is 5.75 Å². The Balaban J connectivity index is 2.58. The maximum absolute atomic E-state index is 12.2. The van der Waals surface area contributed by atoms with Crippen LogP contribution in [0.4, 0.5) is 0 Å². The highest BCUT2D eigenvalue weighted by Crippen LogP contribution is 2.26. The van der Waals surface area contributed by atoms with Gasteiger partial charge in [-0.2, -0.15) is 0 Å². The number of alkyl halides is 1. The number of carbonyl (C=O) groups is 2. The zero-order chi connectivity index (χ0) is 20.8. The molecule has 1 rings (SSSR count). The van der Waals surface area contributed by atoms with Crippen LogP contribution in [0.1, 0.15) is 75.6 Å². The Hall–Kier alpha value is -1.56. The SMILES string of the molecule is CCCCCCCCCC(Oc1ccc(C(Br)C(=O)OC)cc1)C(=O)OCC. The summed E-state index contributed by atoms with van der Waals surface area (Å²) in [6, 6.07) is 7.07. The van der Waals surface area contributed by atoms with Crippen molar-refractivity contribution < 1.29 is 23.8 Å². The second kappa shape index (κ2) is 14.4. The number of benzene rings is 1. The largest absolute Gasteiger partial charge is 0.479 e. The van der Waals surface area contributed by atoms with Crippen molar-refractivity contribution in [1.29, 1.82) is 0 Å². The first-order valence-corrected chi connectivity index (χ1v) is 11.1. The molecule has 0 aromatic heterocycles. The molecule has 0 fully saturated rings. The highest BCUT2D eigenvalue weighted by Gasteiger charge is 2.22. The van der Waals surface area contributed by atoms with E-state index in [1.807, 2.05) is 0 Å². The molecule has 0 saturated carbocycles. The van der Waals surface area contributed by atoms with Crippen LogP contribution in [-0.4, -0.2) is 31.8 Å². The highest BCUT2D eigenvalue weighted by molar-refractivity contribution is 9.09. The molecule has 0 heterocycles. The predicted molar refractivity (Wildman–Crippen MR) is 114 cm³/mol. The lowest BCUT2D eigenvalue weighted by Gasteiger charge is -2.18. The second-order valence-electron chi connectivity index (χ2n) is 6.72. The molecule has 2 atom stereocenters. The van der Waals surface area contributed by atoms with Crippen LogP contribution in [0.5, 0.6) is 5.75 Å². The van der Waals surface area contributed by atoms with Crippen molar-refractivity contribution in [3.05, 3.63) is 29.8 Å². The smallest absolute Gasteiger partial charge is 0.347 e. The van der Waals surface area contributed by atoms with Crippen LogP contribution in [0.15, 0.2) is 24.3 Å². The maximum atomic E-state index is 12.2. The third-order valence-corrected chi connectivity index (χ3v) is 5.38. The van der Waals surface area contributed by atoms with Gasteiger partial charge in [-0.25, -0.2) is 4.79 Å². The molecule has 6 heteroatoms. The van der Waals surface area contributed by atoms with Gasteiger partial charge in [-0.3, -0.25) is 4.79 Å². The van der Waals surface area contributed by atoms with Crippen molar-refractivity contribution in [3.63, 3.8) is 0 Å².